The van der Waals surface area contributed by atoms with E-state index in [-0.39, 0.29) is 29.1 Å². The maximum atomic E-state index is 13.0. The van der Waals surface area contributed by atoms with Gasteiger partial charge >= 0.3 is 0 Å². The van der Waals surface area contributed by atoms with Crippen LogP contribution in [0.3, 0.4) is 0 Å². The number of carbonyl (C=O) groups excluding carboxylic acids is 1. The maximum absolute atomic E-state index is 13.0. The minimum absolute atomic E-state index is 0.124. The lowest BCUT2D eigenvalue weighted by molar-refractivity contribution is -0.121. The van der Waals surface area contributed by atoms with E-state index in [1.54, 1.807) is 36.4 Å². The molecule has 0 bridgehead atoms. The van der Waals surface area contributed by atoms with Crippen LogP contribution < -0.4 is 10.0 Å². The minimum atomic E-state index is -3.58. The summed E-state index contributed by atoms with van der Waals surface area (Å²) in [5.41, 5.74) is 2.77. The highest BCUT2D eigenvalue weighted by Crippen LogP contribution is 2.15. The first-order chi connectivity index (χ1) is 15.3. The van der Waals surface area contributed by atoms with Crippen molar-refractivity contribution in [1.29, 1.82) is 0 Å². The Hall–Kier alpha value is -3.03. The third-order valence-electron chi connectivity index (χ3n) is 5.17. The third-order valence-corrected chi connectivity index (χ3v) is 6.65. The Morgan fingerprint density at radius 3 is 2.16 bits per heavy atom. The van der Waals surface area contributed by atoms with Crippen molar-refractivity contribution in [3.63, 3.8) is 0 Å². The molecule has 0 aliphatic heterocycles. The van der Waals surface area contributed by atoms with E-state index in [1.807, 2.05) is 37.3 Å². The van der Waals surface area contributed by atoms with E-state index in [9.17, 15) is 17.6 Å². The first kappa shape index (κ1) is 23.6. The Morgan fingerprint density at radius 2 is 1.50 bits per heavy atom. The first-order valence-electron chi connectivity index (χ1n) is 10.5. The molecule has 7 heteroatoms. The van der Waals surface area contributed by atoms with Gasteiger partial charge in [0.15, 0.2) is 0 Å². The summed E-state index contributed by atoms with van der Waals surface area (Å²) in [5, 5.41) is 2.89. The molecular formula is C25H27FN2O3S. The molecule has 0 aliphatic rings. The number of hydrogen-bond donors (Lipinski definition) is 2. The van der Waals surface area contributed by atoms with Crippen molar-refractivity contribution in [2.75, 3.05) is 6.54 Å². The van der Waals surface area contributed by atoms with Crippen LogP contribution in [0.1, 0.15) is 36.1 Å². The number of amides is 1. The van der Waals surface area contributed by atoms with Gasteiger partial charge in [-0.2, -0.15) is 0 Å². The van der Waals surface area contributed by atoms with Crippen molar-refractivity contribution in [3.05, 3.63) is 101 Å². The predicted molar refractivity (Wildman–Crippen MR) is 123 cm³/mol. The lowest BCUT2D eigenvalue weighted by atomic mass is 10.1. The summed E-state index contributed by atoms with van der Waals surface area (Å²) < 4.78 is 40.6. The largest absolute Gasteiger partial charge is 0.350 e. The quantitative estimate of drug-likeness (QED) is 0.483. The Kier molecular flexibility index (Phi) is 8.14. The average Bonchev–Trinajstić information content (AvgIpc) is 2.79. The molecule has 0 aromatic heterocycles. The van der Waals surface area contributed by atoms with Gasteiger partial charge in [-0.3, -0.25) is 4.79 Å². The van der Waals surface area contributed by atoms with E-state index < -0.39 is 10.0 Å². The standard InChI is InChI=1S/C25H27FN2O3S/c1-19(22-10-12-23(26)13-11-22)28-25(29)16-9-21-7-14-24(15-8-21)32(30,31)27-18-17-20-5-3-2-4-6-20/h2-8,10-15,19,27H,9,16-18H2,1H3,(H,28,29). The SMILES string of the molecule is CC(NC(=O)CCc1ccc(S(=O)(=O)NCCc2ccccc2)cc1)c1ccc(F)cc1. The molecule has 0 fully saturated rings. The first-order valence-corrected chi connectivity index (χ1v) is 12.0. The summed E-state index contributed by atoms with van der Waals surface area (Å²) in [4.78, 5) is 12.4. The molecule has 3 aromatic rings. The highest BCUT2D eigenvalue weighted by molar-refractivity contribution is 7.89. The number of sulfonamides is 1. The molecule has 1 unspecified atom stereocenters. The summed E-state index contributed by atoms with van der Waals surface area (Å²) in [7, 11) is -3.58. The van der Waals surface area contributed by atoms with Crippen LogP contribution in [-0.2, 0) is 27.7 Å². The number of rotatable bonds is 10. The number of benzene rings is 3. The van der Waals surface area contributed by atoms with Gasteiger partial charge in [-0.25, -0.2) is 17.5 Å². The highest BCUT2D eigenvalue weighted by atomic mass is 32.2. The van der Waals surface area contributed by atoms with Crippen LogP contribution in [0.25, 0.3) is 0 Å². The molecule has 3 aromatic carbocycles. The molecule has 168 valence electrons. The van der Waals surface area contributed by atoms with Crippen LogP contribution in [0.2, 0.25) is 0 Å². The molecule has 0 radical (unpaired) electrons. The molecule has 0 saturated carbocycles. The van der Waals surface area contributed by atoms with Gasteiger partial charge in [-0.1, -0.05) is 54.6 Å². The van der Waals surface area contributed by atoms with Crippen LogP contribution in [-0.4, -0.2) is 20.9 Å². The van der Waals surface area contributed by atoms with E-state index in [0.717, 1.165) is 16.7 Å². The molecule has 0 heterocycles. The van der Waals surface area contributed by atoms with E-state index >= 15 is 0 Å². The average molecular weight is 455 g/mol. The van der Waals surface area contributed by atoms with Crippen LogP contribution in [0.5, 0.6) is 0 Å². The normalized spacial score (nSPS) is 12.3. The Labute approximate surface area is 188 Å². The highest BCUT2D eigenvalue weighted by Gasteiger charge is 2.14. The lowest BCUT2D eigenvalue weighted by Crippen LogP contribution is -2.27. The molecule has 0 saturated heterocycles. The van der Waals surface area contributed by atoms with E-state index in [0.29, 0.717) is 19.4 Å². The zero-order valence-corrected chi connectivity index (χ0v) is 18.7. The van der Waals surface area contributed by atoms with Crippen LogP contribution >= 0.6 is 0 Å². The third kappa shape index (κ3) is 7.00. The van der Waals surface area contributed by atoms with E-state index in [4.69, 9.17) is 0 Å². The Morgan fingerprint density at radius 1 is 0.875 bits per heavy atom. The monoisotopic (exact) mass is 454 g/mol. The van der Waals surface area contributed by atoms with Gasteiger partial charge < -0.3 is 5.32 Å². The molecular weight excluding hydrogens is 427 g/mol. The van der Waals surface area contributed by atoms with Crippen molar-refractivity contribution in [3.8, 4) is 0 Å². The van der Waals surface area contributed by atoms with Gasteiger partial charge in [-0.15, -0.1) is 0 Å². The summed E-state index contributed by atoms with van der Waals surface area (Å²) in [6, 6.07) is 22.0. The number of nitrogens with one attached hydrogen (secondary N) is 2. The topological polar surface area (TPSA) is 75.3 Å². The smallest absolute Gasteiger partial charge is 0.240 e. The fraction of sp³-hybridized carbons (Fsp3) is 0.240. The van der Waals surface area contributed by atoms with E-state index in [1.165, 1.54) is 12.1 Å². The summed E-state index contributed by atoms with van der Waals surface area (Å²) in [6.07, 6.45) is 1.38. The maximum Gasteiger partial charge on any atom is 0.240 e. The fourth-order valence-corrected chi connectivity index (χ4v) is 4.33. The molecule has 3 rings (SSSR count). The molecule has 0 aliphatic carbocycles. The fourth-order valence-electron chi connectivity index (χ4n) is 3.30. The number of carbonyl (C=O) groups is 1. The van der Waals surface area contributed by atoms with Gasteiger partial charge in [0.25, 0.3) is 0 Å². The van der Waals surface area contributed by atoms with E-state index in [2.05, 4.69) is 10.0 Å². The summed E-state index contributed by atoms with van der Waals surface area (Å²) >= 11 is 0. The van der Waals surface area contributed by atoms with Crippen molar-refractivity contribution >= 4 is 15.9 Å². The number of hydrogen-bond acceptors (Lipinski definition) is 3. The van der Waals surface area contributed by atoms with Gasteiger partial charge in [-0.05, 0) is 60.7 Å². The van der Waals surface area contributed by atoms with Crippen LogP contribution in [0.15, 0.2) is 83.8 Å². The predicted octanol–water partition coefficient (Wildman–Crippen LogP) is 4.16. The zero-order chi connectivity index (χ0) is 23.0. The zero-order valence-electron chi connectivity index (χ0n) is 17.9. The van der Waals surface area contributed by atoms with Crippen molar-refractivity contribution in [2.24, 2.45) is 0 Å². The van der Waals surface area contributed by atoms with Crippen LogP contribution in [0.4, 0.5) is 4.39 Å². The second kappa shape index (κ2) is 11.0. The second-order valence-corrected chi connectivity index (χ2v) is 9.39. The minimum Gasteiger partial charge on any atom is -0.350 e. The number of halogens is 1. The number of aryl methyl sites for hydroxylation is 1. The van der Waals surface area contributed by atoms with Gasteiger partial charge in [0.05, 0.1) is 10.9 Å². The van der Waals surface area contributed by atoms with Crippen molar-refractivity contribution in [2.45, 2.75) is 37.1 Å². The molecule has 32 heavy (non-hydrogen) atoms. The molecule has 2 N–H and O–H groups in total. The molecule has 0 spiro atoms. The molecule has 1 atom stereocenters. The Balaban J connectivity index is 1.47. The van der Waals surface area contributed by atoms with Crippen molar-refractivity contribution in [1.82, 2.24) is 10.0 Å². The van der Waals surface area contributed by atoms with Crippen molar-refractivity contribution < 1.29 is 17.6 Å². The van der Waals surface area contributed by atoms with Gasteiger partial charge in [0.1, 0.15) is 5.82 Å². The molecule has 1 amide bonds. The second-order valence-electron chi connectivity index (χ2n) is 7.62. The summed E-state index contributed by atoms with van der Waals surface area (Å²) in [6.45, 7) is 2.16. The summed E-state index contributed by atoms with van der Waals surface area (Å²) in [5.74, 6) is -0.440. The Bertz CT molecular complexity index is 1120. The molecule has 5 nitrogen and oxygen atoms in total. The van der Waals surface area contributed by atoms with Gasteiger partial charge in [0, 0.05) is 13.0 Å². The lowest BCUT2D eigenvalue weighted by Gasteiger charge is -2.14. The van der Waals surface area contributed by atoms with Crippen LogP contribution in [0, 0.1) is 5.82 Å². The van der Waals surface area contributed by atoms with Gasteiger partial charge in [0.2, 0.25) is 15.9 Å².